The van der Waals surface area contributed by atoms with E-state index >= 15 is 4.39 Å². The molecule has 3 fully saturated rings. The van der Waals surface area contributed by atoms with Crippen LogP contribution in [0.5, 0.6) is 5.75 Å². The van der Waals surface area contributed by atoms with Crippen molar-refractivity contribution >= 4 is 34.8 Å². The highest BCUT2D eigenvalue weighted by atomic mass is 19.1. The lowest BCUT2D eigenvalue weighted by atomic mass is 9.53. The number of aliphatic hydroxyl groups is 1. The molecule has 1 aliphatic heterocycles. The Balaban J connectivity index is 1.31. The third-order valence-corrected chi connectivity index (χ3v) is 10.7. The number of benzene rings is 1. The van der Waals surface area contributed by atoms with E-state index < -0.39 is 75.6 Å². The van der Waals surface area contributed by atoms with Gasteiger partial charge in [-0.15, -0.1) is 0 Å². The van der Waals surface area contributed by atoms with Crippen molar-refractivity contribution < 1.29 is 33.8 Å². The molecule has 12 heteroatoms. The van der Waals surface area contributed by atoms with Crippen molar-refractivity contribution in [2.75, 3.05) is 39.0 Å². The Morgan fingerprint density at radius 2 is 1.86 bits per heavy atom. The number of carbonyl (C=O) groups is 4. The highest BCUT2D eigenvalue weighted by Crippen LogP contribution is 2.52. The van der Waals surface area contributed by atoms with Crippen LogP contribution in [0.3, 0.4) is 0 Å². The number of halogens is 1. The first-order valence-corrected chi connectivity index (χ1v) is 14.9. The van der Waals surface area contributed by atoms with E-state index in [0.717, 1.165) is 32.0 Å². The number of rotatable bonds is 5. The lowest BCUT2D eigenvalue weighted by Crippen LogP contribution is -2.69. The molecule has 43 heavy (non-hydrogen) atoms. The molecule has 7 atom stereocenters. The van der Waals surface area contributed by atoms with Gasteiger partial charge >= 0.3 is 0 Å². The van der Waals surface area contributed by atoms with Gasteiger partial charge in [-0.1, -0.05) is 6.42 Å². The summed E-state index contributed by atoms with van der Waals surface area (Å²) in [7, 11) is 3.42. The van der Waals surface area contributed by atoms with Crippen LogP contribution >= 0.6 is 0 Å². The minimum atomic E-state index is -2.48. The maximum atomic E-state index is 15.6. The maximum absolute atomic E-state index is 15.6. The molecule has 1 aromatic rings. The van der Waals surface area contributed by atoms with Gasteiger partial charge in [-0.05, 0) is 70.0 Å². The number of fused-ring (bicyclic) bond motifs is 4. The molecular formula is C31H38FN5O6. The fourth-order valence-corrected chi connectivity index (χ4v) is 8.88. The molecule has 6 N–H and O–H groups in total. The summed E-state index contributed by atoms with van der Waals surface area (Å²) in [5.74, 6) is -6.61. The Bertz CT molecular complexity index is 1490. The smallest absolute Gasteiger partial charge is 0.250 e. The molecule has 0 radical (unpaired) electrons. The van der Waals surface area contributed by atoms with E-state index in [0.29, 0.717) is 17.4 Å². The third-order valence-electron chi connectivity index (χ3n) is 10.7. The fraction of sp³-hybridized carbons (Fsp3) is 0.581. The van der Waals surface area contributed by atoms with Gasteiger partial charge < -0.3 is 31.6 Å². The van der Waals surface area contributed by atoms with Gasteiger partial charge in [0.15, 0.2) is 17.2 Å². The summed E-state index contributed by atoms with van der Waals surface area (Å²) >= 11 is 0. The quantitative estimate of drug-likeness (QED) is 0.250. The summed E-state index contributed by atoms with van der Waals surface area (Å²) in [6.07, 6.45) is 3.52. The number of carbonyl (C=O) groups excluding carboxylic acids is 4. The Labute approximate surface area is 248 Å². The number of nitrogens with two attached hydrogens (primary N) is 1. The van der Waals surface area contributed by atoms with Crippen molar-refractivity contribution in [3.05, 3.63) is 34.2 Å². The Morgan fingerprint density at radius 3 is 2.47 bits per heavy atom. The van der Waals surface area contributed by atoms with Crippen LogP contribution in [0.4, 0.5) is 10.1 Å². The summed E-state index contributed by atoms with van der Waals surface area (Å²) < 4.78 is 15.6. The zero-order valence-corrected chi connectivity index (χ0v) is 24.6. The lowest BCUT2D eigenvalue weighted by molar-refractivity contribution is -0.148. The number of anilines is 1. The molecule has 6 rings (SSSR count). The maximum Gasteiger partial charge on any atom is 0.250 e. The van der Waals surface area contributed by atoms with E-state index in [1.165, 1.54) is 6.42 Å². The molecule has 0 aromatic heterocycles. The molecule has 5 aliphatic rings. The van der Waals surface area contributed by atoms with Crippen molar-refractivity contribution in [2.45, 2.75) is 50.7 Å². The molecule has 2 amide bonds. The number of ketones is 2. The summed E-state index contributed by atoms with van der Waals surface area (Å²) in [5.41, 5.74) is 1.90. The number of likely N-dealkylation sites (N-methyl/N-ethyl adjacent to an activating group) is 1. The minimum Gasteiger partial charge on any atom is -0.505 e. The minimum absolute atomic E-state index is 0.0512. The van der Waals surface area contributed by atoms with Gasteiger partial charge in [0.05, 0.1) is 35.0 Å². The van der Waals surface area contributed by atoms with Crippen LogP contribution in [0.2, 0.25) is 0 Å². The molecule has 1 aromatic carbocycles. The molecule has 2 saturated carbocycles. The van der Waals surface area contributed by atoms with Crippen molar-refractivity contribution in [1.82, 2.24) is 9.80 Å². The van der Waals surface area contributed by atoms with Crippen LogP contribution in [0, 0.1) is 40.8 Å². The summed E-state index contributed by atoms with van der Waals surface area (Å²) in [5, 5.41) is 34.3. The van der Waals surface area contributed by atoms with Crippen LogP contribution in [-0.2, 0) is 20.8 Å². The molecule has 1 heterocycles. The zero-order valence-electron chi connectivity index (χ0n) is 24.6. The predicted molar refractivity (Wildman–Crippen MR) is 154 cm³/mol. The molecule has 7 unspecified atom stereocenters. The number of aromatic hydroxyl groups is 1. The molecule has 4 aliphatic carbocycles. The number of hydrogen-bond acceptors (Lipinski definition) is 9. The zero-order chi connectivity index (χ0) is 31.1. The Hall–Kier alpha value is -3.48. The summed E-state index contributed by atoms with van der Waals surface area (Å²) in [6.45, 7) is 3.32. The number of Topliss-reactive ketones (excluding diaryl/α,β-unsaturated/α-hetero) is 2. The van der Waals surface area contributed by atoms with Gasteiger partial charge in [-0.2, -0.15) is 0 Å². The van der Waals surface area contributed by atoms with Crippen LogP contribution < -0.4 is 11.1 Å². The average Bonchev–Trinajstić information content (AvgIpc) is 3.50. The lowest BCUT2D eigenvalue weighted by Gasteiger charge is -2.53. The van der Waals surface area contributed by atoms with Crippen molar-refractivity contribution in [1.29, 1.82) is 5.41 Å². The number of nitrogens with zero attached hydrogens (tertiary/aromatic N) is 2. The van der Waals surface area contributed by atoms with E-state index in [1.807, 2.05) is 4.90 Å². The Kier molecular flexibility index (Phi) is 7.09. The predicted octanol–water partition coefficient (Wildman–Crippen LogP) is 1.26. The largest absolute Gasteiger partial charge is 0.505 e. The molecule has 0 spiro atoms. The highest BCUT2D eigenvalue weighted by molar-refractivity contribution is 6.33. The van der Waals surface area contributed by atoms with Gasteiger partial charge in [0.2, 0.25) is 5.91 Å². The van der Waals surface area contributed by atoms with E-state index in [2.05, 4.69) is 5.32 Å². The number of phenols is 1. The second kappa shape index (κ2) is 10.3. The summed E-state index contributed by atoms with van der Waals surface area (Å²) in [6, 6.07) is 0.360. The van der Waals surface area contributed by atoms with E-state index in [1.54, 1.807) is 25.9 Å². The van der Waals surface area contributed by atoms with Crippen molar-refractivity contribution in [2.24, 2.45) is 35.3 Å². The number of amides is 2. The van der Waals surface area contributed by atoms with Crippen LogP contribution in [-0.4, -0.2) is 94.5 Å². The van der Waals surface area contributed by atoms with Gasteiger partial charge in [0.1, 0.15) is 11.6 Å². The Morgan fingerprint density at radius 1 is 1.21 bits per heavy atom. The number of primary amides is 1. The van der Waals surface area contributed by atoms with Crippen LogP contribution in [0.15, 0.2) is 17.2 Å². The average molecular weight is 596 g/mol. The first-order valence-electron chi connectivity index (χ1n) is 14.9. The topological polar surface area (TPSA) is 177 Å². The second-order valence-electron chi connectivity index (χ2n) is 13.3. The van der Waals surface area contributed by atoms with E-state index in [4.69, 9.17) is 11.1 Å². The van der Waals surface area contributed by atoms with Crippen LogP contribution in [0.1, 0.15) is 48.5 Å². The van der Waals surface area contributed by atoms with Crippen molar-refractivity contribution in [3.63, 3.8) is 0 Å². The first kappa shape index (κ1) is 29.6. The molecule has 230 valence electrons. The number of phenolic OH excluding ortho intramolecular Hbond substituents is 1. The first-order chi connectivity index (χ1) is 20.2. The number of hydrogen-bond donors (Lipinski definition) is 5. The van der Waals surface area contributed by atoms with Gasteiger partial charge in [0.25, 0.3) is 5.91 Å². The second-order valence-corrected chi connectivity index (χ2v) is 13.3. The van der Waals surface area contributed by atoms with Gasteiger partial charge in [-0.25, -0.2) is 4.39 Å². The SMILES string of the molecule is CC1=C(C(N)=O)C(=N)C2(O)C(=O)C3C(=O)c4c(O)c(NC(=O)CN5CC6CCCC6C5)cc(F)c4CC3CC2C1N(C)C. The van der Waals surface area contributed by atoms with E-state index in [9.17, 15) is 29.4 Å². The van der Waals surface area contributed by atoms with Gasteiger partial charge in [0, 0.05) is 36.7 Å². The van der Waals surface area contributed by atoms with E-state index in [-0.39, 0.29) is 36.2 Å². The molecule has 1 saturated heterocycles. The third kappa shape index (κ3) is 4.36. The number of nitrogens with one attached hydrogen (secondary N) is 2. The molecule has 0 bridgehead atoms. The monoisotopic (exact) mass is 595 g/mol. The normalized spacial score (nSPS) is 33.8. The van der Waals surface area contributed by atoms with Gasteiger partial charge in [-0.3, -0.25) is 24.1 Å². The number of likely N-dealkylation sites (tertiary alicyclic amines) is 1. The fourth-order valence-electron chi connectivity index (χ4n) is 8.88. The highest BCUT2D eigenvalue weighted by Gasteiger charge is 2.64. The molecule has 11 nitrogen and oxygen atoms in total. The van der Waals surface area contributed by atoms with Crippen molar-refractivity contribution in [3.8, 4) is 5.75 Å². The standard InChI is InChI=1S/C31H38FN5O6/c1-13-22(30(34)42)28(33)31(43)18(25(13)36(2)3)8-16-7-17-19(32)9-20(26(39)24(17)27(40)23(16)29(31)41)35-21(38)12-37-10-14-5-4-6-15(14)11-37/h9,14-16,18,23,25,33,39,43H,4-8,10-12H2,1-3H3,(H2,34,42)(H,35,38). The summed E-state index contributed by atoms with van der Waals surface area (Å²) in [4.78, 5) is 57.0. The molecular weight excluding hydrogens is 557 g/mol. The van der Waals surface area contributed by atoms with Crippen LogP contribution in [0.25, 0.3) is 0 Å².